The summed E-state index contributed by atoms with van der Waals surface area (Å²) in [5, 5.41) is 8.23. The molecule has 3 atom stereocenters. The van der Waals surface area contributed by atoms with Crippen molar-refractivity contribution < 1.29 is 38.2 Å². The minimum Gasteiger partial charge on any atom is -0.449 e. The molecule has 0 spiro atoms. The third-order valence-electron chi connectivity index (χ3n) is 15.6. The Hall–Kier alpha value is -7.81. The second kappa shape index (κ2) is 23.4. The molecule has 15 heteroatoms. The smallest absolute Gasteiger partial charge is 0.415 e. The van der Waals surface area contributed by atoms with Crippen LogP contribution in [0.1, 0.15) is 94.1 Å². The Morgan fingerprint density at radius 3 is 2.12 bits per heavy atom. The summed E-state index contributed by atoms with van der Waals surface area (Å²) >= 11 is 6.58. The predicted octanol–water partition coefficient (Wildman–Crippen LogP) is 10.7. The number of hydrogen-bond donors (Lipinski definition) is 3. The van der Waals surface area contributed by atoms with Gasteiger partial charge in [0.2, 0.25) is 5.91 Å². The van der Waals surface area contributed by atoms with Gasteiger partial charge in [-0.05, 0) is 88.3 Å². The Morgan fingerprint density at radius 2 is 1.42 bits per heavy atom. The van der Waals surface area contributed by atoms with E-state index in [1.807, 2.05) is 94.5 Å². The Bertz CT molecular complexity index is 3370. The van der Waals surface area contributed by atoms with Crippen LogP contribution >= 0.6 is 11.6 Å². The molecule has 402 valence electrons. The number of ether oxygens (including phenoxy) is 2. The van der Waals surface area contributed by atoms with Gasteiger partial charge in [-0.15, -0.1) is 11.6 Å². The lowest BCUT2D eigenvalue weighted by Gasteiger charge is -2.31. The van der Waals surface area contributed by atoms with Crippen LogP contribution in [0.25, 0.3) is 32.8 Å². The Labute approximate surface area is 459 Å². The number of carbonyl (C=O) groups is 6. The number of aromatic nitrogens is 1. The molecule has 78 heavy (non-hydrogen) atoms. The van der Waals surface area contributed by atoms with Crippen molar-refractivity contribution in [2.24, 2.45) is 11.8 Å². The monoisotopic (exact) mass is 1070 g/mol. The lowest BCUT2D eigenvalue weighted by Crippen LogP contribution is -2.48. The molecule has 4 amide bonds. The first-order valence-corrected chi connectivity index (χ1v) is 27.5. The molecule has 6 aromatic carbocycles. The molecule has 3 heterocycles. The standard InChI is InChI=1S/C63H65ClN6O8/c1-38(2)59(67-60(73)39(3)12-11-25-65-62(75)77-37-51-47-15-7-5-13-45(47)46-14-6-8-16-48(46)51)56(72)31-40-19-22-42(23-20-40)55(71)32-41-21-24-52-43(30-41)33-53(66-52)61(74)70-36-44(35-64)58-50-18-10-9-17-49(50)57(34-54(58)70)78-63(76)69-28-26-68(4)27-29-69/h5-10,13-24,30,33-34,38-39,44,51,59,66H,11-12,25-29,31-32,35-37H2,1-4H3,(H,65,75)(H,67,73)/t39-,44-,59?/m1/s1. The van der Waals surface area contributed by atoms with Gasteiger partial charge in [0.15, 0.2) is 11.6 Å². The Balaban J connectivity index is 0.708. The first-order chi connectivity index (χ1) is 37.7. The van der Waals surface area contributed by atoms with Crippen molar-refractivity contribution in [3.63, 3.8) is 0 Å². The van der Waals surface area contributed by atoms with Crippen LogP contribution in [-0.4, -0.2) is 115 Å². The maximum absolute atomic E-state index is 14.4. The van der Waals surface area contributed by atoms with Gasteiger partial charge in [0.05, 0.1) is 11.7 Å². The summed E-state index contributed by atoms with van der Waals surface area (Å²) in [4.78, 5) is 90.1. The van der Waals surface area contributed by atoms with Gasteiger partial charge in [0.25, 0.3) is 5.91 Å². The fourth-order valence-electron chi connectivity index (χ4n) is 11.2. The second-order valence-corrected chi connectivity index (χ2v) is 21.7. The summed E-state index contributed by atoms with van der Waals surface area (Å²) < 4.78 is 11.7. The number of nitrogens with one attached hydrogen (secondary N) is 3. The molecule has 0 saturated carbocycles. The van der Waals surface area contributed by atoms with E-state index in [0.717, 1.165) is 73.7 Å². The maximum atomic E-state index is 14.4. The number of piperazine rings is 1. The van der Waals surface area contributed by atoms with E-state index in [4.69, 9.17) is 21.1 Å². The highest BCUT2D eigenvalue weighted by Gasteiger charge is 2.37. The van der Waals surface area contributed by atoms with Gasteiger partial charge in [0.1, 0.15) is 18.1 Å². The number of ketones is 2. The molecule has 3 aliphatic rings. The number of rotatable bonds is 18. The van der Waals surface area contributed by atoms with Gasteiger partial charge in [0, 0.05) is 104 Å². The number of fused-ring (bicyclic) bond motifs is 7. The van der Waals surface area contributed by atoms with Gasteiger partial charge in [-0.1, -0.05) is 124 Å². The Kier molecular flexibility index (Phi) is 16.1. The van der Waals surface area contributed by atoms with Crippen LogP contribution in [0.3, 0.4) is 0 Å². The lowest BCUT2D eigenvalue weighted by atomic mass is 9.93. The minimum atomic E-state index is -0.704. The van der Waals surface area contributed by atoms with Crippen molar-refractivity contribution in [2.45, 2.75) is 64.3 Å². The van der Waals surface area contributed by atoms with Crippen LogP contribution in [0, 0.1) is 11.8 Å². The molecule has 2 aliphatic heterocycles. The molecule has 10 rings (SSSR count). The number of alkyl halides is 1. The number of amides is 4. The van der Waals surface area contributed by atoms with Crippen LogP contribution in [0.15, 0.2) is 127 Å². The zero-order valence-electron chi connectivity index (χ0n) is 44.5. The van der Waals surface area contributed by atoms with Gasteiger partial charge in [-0.25, -0.2) is 9.59 Å². The number of carbonyl (C=O) groups excluding carboxylic acids is 6. The molecular formula is C63H65ClN6O8. The van der Waals surface area contributed by atoms with Gasteiger partial charge < -0.3 is 39.8 Å². The highest BCUT2D eigenvalue weighted by molar-refractivity contribution is 6.19. The van der Waals surface area contributed by atoms with Crippen molar-refractivity contribution in [3.8, 4) is 16.9 Å². The van der Waals surface area contributed by atoms with E-state index in [9.17, 15) is 28.8 Å². The number of hydrogen-bond acceptors (Lipinski definition) is 9. The summed E-state index contributed by atoms with van der Waals surface area (Å²) in [6, 6.07) is 39.6. The molecule has 1 fully saturated rings. The number of likely N-dealkylation sites (N-methyl/N-ethyl adjacent to an activating group) is 1. The summed E-state index contributed by atoms with van der Waals surface area (Å²) in [7, 11) is 2.03. The van der Waals surface area contributed by atoms with E-state index in [0.29, 0.717) is 67.6 Å². The molecule has 1 unspecified atom stereocenters. The summed E-state index contributed by atoms with van der Waals surface area (Å²) in [6.07, 6.45) is 0.333. The normalized spacial score (nSPS) is 15.9. The largest absolute Gasteiger partial charge is 0.449 e. The van der Waals surface area contributed by atoms with Crippen molar-refractivity contribution in [1.82, 2.24) is 25.4 Å². The predicted molar refractivity (Wildman–Crippen MR) is 304 cm³/mol. The van der Waals surface area contributed by atoms with E-state index in [2.05, 4.69) is 44.8 Å². The maximum Gasteiger partial charge on any atom is 0.415 e. The average molecular weight is 1070 g/mol. The number of nitrogens with zero attached hydrogens (tertiary/aromatic N) is 3. The Morgan fingerprint density at radius 1 is 0.756 bits per heavy atom. The highest BCUT2D eigenvalue weighted by Crippen LogP contribution is 2.47. The third kappa shape index (κ3) is 11.4. The van der Waals surface area contributed by atoms with E-state index in [1.54, 1.807) is 46.2 Å². The zero-order valence-corrected chi connectivity index (χ0v) is 45.2. The SMILES string of the molecule is CC(C)C(NC(=O)[C@H](C)CCCNC(=O)OCC1c2ccccc2-c2ccccc21)C(=O)Cc1ccc(C(=O)Cc2ccc3[nH]c(C(=O)N4C[C@@H](CCl)c5c4cc(OC(=O)N4CCN(C)CC4)c4ccccc54)cc3c2)cc1. The summed E-state index contributed by atoms with van der Waals surface area (Å²) in [5.74, 6) is -0.770. The molecule has 0 bridgehead atoms. The van der Waals surface area contributed by atoms with Gasteiger partial charge >= 0.3 is 12.2 Å². The number of benzene rings is 6. The van der Waals surface area contributed by atoms with Crippen LogP contribution in [-0.2, 0) is 27.2 Å². The van der Waals surface area contributed by atoms with Gasteiger partial charge in [-0.3, -0.25) is 19.2 Å². The van der Waals surface area contributed by atoms with Crippen molar-refractivity contribution >= 4 is 74.5 Å². The van der Waals surface area contributed by atoms with Crippen molar-refractivity contribution in [2.75, 3.05) is 63.7 Å². The molecule has 7 aromatic rings. The van der Waals surface area contributed by atoms with E-state index >= 15 is 0 Å². The van der Waals surface area contributed by atoms with Crippen molar-refractivity contribution in [1.29, 1.82) is 0 Å². The number of H-pyrrole nitrogens is 1. The number of Topliss-reactive ketones (excluding diaryl/α,β-unsaturated/α-hetero) is 2. The highest BCUT2D eigenvalue weighted by atomic mass is 35.5. The zero-order chi connectivity index (χ0) is 54.6. The van der Waals surface area contributed by atoms with E-state index in [1.165, 1.54) is 0 Å². The molecule has 1 aliphatic carbocycles. The second-order valence-electron chi connectivity index (χ2n) is 21.3. The number of alkyl carbamates (subject to hydrolysis) is 1. The van der Waals surface area contributed by atoms with Crippen molar-refractivity contribution in [3.05, 3.63) is 166 Å². The number of aromatic amines is 1. The summed E-state index contributed by atoms with van der Waals surface area (Å²) in [6.45, 7) is 9.17. The first-order valence-electron chi connectivity index (χ1n) is 27.0. The molecule has 14 nitrogen and oxygen atoms in total. The summed E-state index contributed by atoms with van der Waals surface area (Å²) in [5.41, 5.74) is 9.30. The van der Waals surface area contributed by atoms with Crippen LogP contribution in [0.2, 0.25) is 0 Å². The van der Waals surface area contributed by atoms with E-state index in [-0.39, 0.29) is 60.6 Å². The molecule has 1 saturated heterocycles. The molecular weight excluding hydrogens is 1000 g/mol. The number of anilines is 1. The molecule has 0 radical (unpaired) electrons. The minimum absolute atomic E-state index is 0.0329. The molecule has 3 N–H and O–H groups in total. The average Bonchev–Trinajstić information content (AvgIpc) is 4.36. The molecule has 1 aromatic heterocycles. The lowest BCUT2D eigenvalue weighted by molar-refractivity contribution is -0.130. The van der Waals surface area contributed by atoms with Gasteiger partial charge in [-0.2, -0.15) is 0 Å². The van der Waals surface area contributed by atoms with Crippen LogP contribution < -0.4 is 20.3 Å². The fraction of sp³-hybridized carbons (Fsp3) is 0.333. The third-order valence-corrected chi connectivity index (χ3v) is 16.0. The number of halogens is 1. The first kappa shape index (κ1) is 53.6. The quantitative estimate of drug-likeness (QED) is 0.0430. The van der Waals surface area contributed by atoms with E-state index < -0.39 is 24.1 Å². The topological polar surface area (TPSA) is 170 Å². The fourth-order valence-corrected chi connectivity index (χ4v) is 11.5. The van der Waals surface area contributed by atoms with Crippen LogP contribution in [0.4, 0.5) is 15.3 Å². The van der Waals surface area contributed by atoms with Crippen LogP contribution in [0.5, 0.6) is 5.75 Å².